The van der Waals surface area contributed by atoms with Crippen LogP contribution in [0.4, 0.5) is 0 Å². The quantitative estimate of drug-likeness (QED) is 0.504. The van der Waals surface area contributed by atoms with Gasteiger partial charge in [0.15, 0.2) is 0 Å². The molecule has 13 heavy (non-hydrogen) atoms. The fraction of sp³-hybridized carbons (Fsp3) is 0.889. The van der Waals surface area contributed by atoms with Crippen molar-refractivity contribution in [3.8, 4) is 0 Å². The van der Waals surface area contributed by atoms with Crippen LogP contribution in [0.3, 0.4) is 0 Å². The average Bonchev–Trinajstić information content (AvgIpc) is 2.85. The summed E-state index contributed by atoms with van der Waals surface area (Å²) in [5.74, 6) is 0.633. The van der Waals surface area contributed by atoms with Gasteiger partial charge < -0.3 is 16.8 Å². The molecule has 0 aromatic rings. The molecule has 4 heteroatoms. The third kappa shape index (κ3) is 4.85. The lowest BCUT2D eigenvalue weighted by Crippen LogP contribution is -2.39. The average molecular weight is 185 g/mol. The number of amides is 1. The number of primary amides is 1. The van der Waals surface area contributed by atoms with Crippen molar-refractivity contribution in [2.75, 3.05) is 13.1 Å². The Bertz CT molecular complexity index is 168. The van der Waals surface area contributed by atoms with Gasteiger partial charge >= 0.3 is 0 Å². The Hall–Kier alpha value is -0.610. The Morgan fingerprint density at radius 2 is 2.23 bits per heavy atom. The lowest BCUT2D eigenvalue weighted by atomic mass is 10.2. The molecule has 0 aliphatic heterocycles. The van der Waals surface area contributed by atoms with Crippen molar-refractivity contribution in [1.29, 1.82) is 0 Å². The molecule has 0 heterocycles. The van der Waals surface area contributed by atoms with Crippen molar-refractivity contribution in [2.45, 2.75) is 31.7 Å². The molecule has 0 saturated heterocycles. The summed E-state index contributed by atoms with van der Waals surface area (Å²) in [6.07, 6.45) is 4.28. The second-order valence-electron chi connectivity index (χ2n) is 3.79. The van der Waals surface area contributed by atoms with Gasteiger partial charge in [-0.15, -0.1) is 0 Å². The second kappa shape index (κ2) is 5.19. The molecule has 0 aromatic heterocycles. The Kier molecular flexibility index (Phi) is 4.18. The third-order valence-electron chi connectivity index (χ3n) is 2.41. The van der Waals surface area contributed by atoms with Gasteiger partial charge in [-0.3, -0.25) is 4.79 Å². The van der Waals surface area contributed by atoms with Crippen molar-refractivity contribution in [1.82, 2.24) is 5.32 Å². The monoisotopic (exact) mass is 185 g/mol. The van der Waals surface area contributed by atoms with Crippen LogP contribution < -0.4 is 16.8 Å². The molecule has 1 aliphatic rings. The highest BCUT2D eigenvalue weighted by atomic mass is 16.1. The van der Waals surface area contributed by atoms with Gasteiger partial charge in [0, 0.05) is 19.0 Å². The number of hydrogen-bond donors (Lipinski definition) is 3. The van der Waals surface area contributed by atoms with E-state index in [4.69, 9.17) is 11.5 Å². The van der Waals surface area contributed by atoms with E-state index < -0.39 is 0 Å². The number of carbonyl (C=O) groups excluding carboxylic acids is 1. The van der Waals surface area contributed by atoms with E-state index in [9.17, 15) is 4.79 Å². The summed E-state index contributed by atoms with van der Waals surface area (Å²) in [5.41, 5.74) is 10.6. The van der Waals surface area contributed by atoms with Gasteiger partial charge in [-0.05, 0) is 18.9 Å². The summed E-state index contributed by atoms with van der Waals surface area (Å²) in [7, 11) is 0. The molecule has 1 rings (SSSR count). The molecule has 0 radical (unpaired) electrons. The number of rotatable bonds is 7. The highest BCUT2D eigenvalue weighted by Crippen LogP contribution is 2.31. The molecule has 0 bridgehead atoms. The standard InChI is InChI=1S/C9H19N3O/c10-6-8(5-9(11)13)12-4-3-7-1-2-7/h7-8,12H,1-6,10H2,(H2,11,13). The predicted octanol–water partition coefficient (Wildman–Crippen LogP) is -0.421. The summed E-state index contributed by atoms with van der Waals surface area (Å²) in [4.78, 5) is 10.6. The largest absolute Gasteiger partial charge is 0.370 e. The molecule has 0 spiro atoms. The maximum atomic E-state index is 10.6. The molecule has 1 atom stereocenters. The lowest BCUT2D eigenvalue weighted by Gasteiger charge is -2.14. The fourth-order valence-electron chi connectivity index (χ4n) is 1.38. The van der Waals surface area contributed by atoms with Crippen molar-refractivity contribution >= 4 is 5.91 Å². The van der Waals surface area contributed by atoms with E-state index in [2.05, 4.69) is 5.32 Å². The number of nitrogens with two attached hydrogens (primary N) is 2. The van der Waals surface area contributed by atoms with E-state index in [0.29, 0.717) is 13.0 Å². The van der Waals surface area contributed by atoms with Crippen LogP contribution in [0.25, 0.3) is 0 Å². The van der Waals surface area contributed by atoms with Crippen LogP contribution >= 0.6 is 0 Å². The summed E-state index contributed by atoms with van der Waals surface area (Å²) >= 11 is 0. The van der Waals surface area contributed by atoms with E-state index in [1.165, 1.54) is 19.3 Å². The maximum Gasteiger partial charge on any atom is 0.219 e. The molecule has 4 nitrogen and oxygen atoms in total. The molecule has 1 aliphatic carbocycles. The molecular weight excluding hydrogens is 166 g/mol. The Morgan fingerprint density at radius 1 is 1.54 bits per heavy atom. The summed E-state index contributed by atoms with van der Waals surface area (Å²) in [6, 6.07) is 0.0660. The second-order valence-corrected chi connectivity index (χ2v) is 3.79. The van der Waals surface area contributed by atoms with Gasteiger partial charge in [-0.25, -0.2) is 0 Å². The minimum Gasteiger partial charge on any atom is -0.370 e. The first-order chi connectivity index (χ1) is 6.22. The number of nitrogens with one attached hydrogen (secondary N) is 1. The van der Waals surface area contributed by atoms with E-state index in [1.54, 1.807) is 0 Å². The van der Waals surface area contributed by atoms with Crippen LogP contribution in [0.5, 0.6) is 0 Å². The van der Waals surface area contributed by atoms with Gasteiger partial charge in [0.1, 0.15) is 0 Å². The molecule has 76 valence electrons. The van der Waals surface area contributed by atoms with Crippen LogP contribution in [-0.4, -0.2) is 25.0 Å². The zero-order chi connectivity index (χ0) is 9.68. The van der Waals surface area contributed by atoms with Crippen molar-refractivity contribution < 1.29 is 4.79 Å². The highest BCUT2D eigenvalue weighted by Gasteiger charge is 2.20. The molecule has 1 fully saturated rings. The van der Waals surface area contributed by atoms with Gasteiger partial charge in [0.25, 0.3) is 0 Å². The Morgan fingerprint density at radius 3 is 2.69 bits per heavy atom. The minimum atomic E-state index is -0.283. The topological polar surface area (TPSA) is 81.1 Å². The van der Waals surface area contributed by atoms with E-state index in [0.717, 1.165) is 12.5 Å². The molecule has 5 N–H and O–H groups in total. The molecule has 1 amide bonds. The van der Waals surface area contributed by atoms with Gasteiger partial charge in [0.2, 0.25) is 5.91 Å². The zero-order valence-corrected chi connectivity index (χ0v) is 7.96. The van der Waals surface area contributed by atoms with Crippen LogP contribution in [0.2, 0.25) is 0 Å². The van der Waals surface area contributed by atoms with E-state index in [-0.39, 0.29) is 11.9 Å². The number of hydrogen-bond acceptors (Lipinski definition) is 3. The summed E-state index contributed by atoms with van der Waals surface area (Å²) in [5, 5.41) is 3.25. The van der Waals surface area contributed by atoms with Crippen molar-refractivity contribution in [3.63, 3.8) is 0 Å². The zero-order valence-electron chi connectivity index (χ0n) is 7.96. The maximum absolute atomic E-state index is 10.6. The van der Waals surface area contributed by atoms with Crippen molar-refractivity contribution in [2.24, 2.45) is 17.4 Å². The highest BCUT2D eigenvalue weighted by molar-refractivity contribution is 5.74. The van der Waals surface area contributed by atoms with Crippen LogP contribution in [0.1, 0.15) is 25.7 Å². The summed E-state index contributed by atoms with van der Waals surface area (Å²) < 4.78 is 0. The van der Waals surface area contributed by atoms with Gasteiger partial charge in [-0.1, -0.05) is 12.8 Å². The van der Waals surface area contributed by atoms with Crippen LogP contribution in [0.15, 0.2) is 0 Å². The number of carbonyl (C=O) groups is 1. The molecule has 1 unspecified atom stereocenters. The molecular formula is C9H19N3O. The Labute approximate surface area is 79.0 Å². The first kappa shape index (κ1) is 10.5. The van der Waals surface area contributed by atoms with E-state index >= 15 is 0 Å². The van der Waals surface area contributed by atoms with Crippen LogP contribution in [-0.2, 0) is 4.79 Å². The lowest BCUT2D eigenvalue weighted by molar-refractivity contribution is -0.118. The van der Waals surface area contributed by atoms with Gasteiger partial charge in [0.05, 0.1) is 0 Å². The van der Waals surface area contributed by atoms with Gasteiger partial charge in [-0.2, -0.15) is 0 Å². The minimum absolute atomic E-state index is 0.0660. The smallest absolute Gasteiger partial charge is 0.219 e. The SMILES string of the molecule is NCC(CC(N)=O)NCCC1CC1. The predicted molar refractivity (Wildman–Crippen MR) is 52.0 cm³/mol. The Balaban J connectivity index is 2.03. The van der Waals surface area contributed by atoms with Crippen LogP contribution in [0, 0.1) is 5.92 Å². The third-order valence-corrected chi connectivity index (χ3v) is 2.41. The normalized spacial score (nSPS) is 18.5. The molecule has 1 saturated carbocycles. The first-order valence-electron chi connectivity index (χ1n) is 4.94. The first-order valence-corrected chi connectivity index (χ1v) is 4.94. The summed E-state index contributed by atoms with van der Waals surface area (Å²) in [6.45, 7) is 1.44. The molecule has 0 aromatic carbocycles. The van der Waals surface area contributed by atoms with Crippen molar-refractivity contribution in [3.05, 3.63) is 0 Å². The fourth-order valence-corrected chi connectivity index (χ4v) is 1.38. The van der Waals surface area contributed by atoms with E-state index in [1.807, 2.05) is 0 Å².